The normalized spacial score (nSPS) is 15.4. The van der Waals surface area contributed by atoms with Crippen molar-refractivity contribution in [2.45, 2.75) is 54.6 Å². The van der Waals surface area contributed by atoms with Gasteiger partial charge in [0.2, 0.25) is 5.16 Å². The van der Waals surface area contributed by atoms with Gasteiger partial charge in [0.05, 0.1) is 10.5 Å². The lowest BCUT2D eigenvalue weighted by Crippen LogP contribution is -2.34. The third-order valence-electron chi connectivity index (χ3n) is 4.39. The largest absolute Gasteiger partial charge is 0.349 e. The number of tetrazole rings is 1. The predicted molar refractivity (Wildman–Crippen MR) is 95.0 cm³/mol. The van der Waals surface area contributed by atoms with Crippen LogP contribution in [0.25, 0.3) is 0 Å². The maximum Gasteiger partial charge on any atom is 0.270 e. The van der Waals surface area contributed by atoms with Gasteiger partial charge in [-0.05, 0) is 41.1 Å². The number of aryl methyl sites for hydroxylation is 1. The van der Waals surface area contributed by atoms with Crippen LogP contribution in [0, 0.1) is 10.1 Å². The van der Waals surface area contributed by atoms with Crippen LogP contribution in [-0.2, 0) is 7.05 Å². The molecule has 3 rings (SSSR count). The van der Waals surface area contributed by atoms with E-state index in [1.807, 2.05) is 0 Å². The Morgan fingerprint density at radius 1 is 1.31 bits per heavy atom. The molecule has 10 heteroatoms. The Hall–Kier alpha value is -2.49. The number of rotatable bonds is 5. The minimum atomic E-state index is -0.499. The molecule has 0 saturated heterocycles. The van der Waals surface area contributed by atoms with Gasteiger partial charge in [-0.3, -0.25) is 14.9 Å². The van der Waals surface area contributed by atoms with Gasteiger partial charge in [-0.2, -0.15) is 0 Å². The number of aromatic nitrogens is 4. The maximum atomic E-state index is 12.8. The molecule has 9 nitrogen and oxygen atoms in total. The molecule has 0 bridgehead atoms. The maximum absolute atomic E-state index is 12.8. The van der Waals surface area contributed by atoms with Crippen molar-refractivity contribution in [1.29, 1.82) is 0 Å². The second-order valence-electron chi connectivity index (χ2n) is 6.29. The Morgan fingerprint density at radius 2 is 2.04 bits per heavy atom. The number of nitro benzene ring substituents is 1. The number of benzene rings is 1. The second-order valence-corrected chi connectivity index (χ2v) is 7.30. The van der Waals surface area contributed by atoms with Crippen molar-refractivity contribution in [2.24, 2.45) is 7.05 Å². The summed E-state index contributed by atoms with van der Waals surface area (Å²) in [6, 6.07) is 4.38. The summed E-state index contributed by atoms with van der Waals surface area (Å²) in [5.74, 6) is -0.293. The minimum Gasteiger partial charge on any atom is -0.349 e. The summed E-state index contributed by atoms with van der Waals surface area (Å²) in [5, 5.41) is 25.9. The Bertz CT molecular complexity index is 801. The number of nitrogens with zero attached hydrogens (tertiary/aromatic N) is 5. The fraction of sp³-hybridized carbons (Fsp3) is 0.500. The molecular weight excluding hydrogens is 356 g/mol. The van der Waals surface area contributed by atoms with E-state index in [4.69, 9.17) is 0 Å². The zero-order chi connectivity index (χ0) is 18.5. The first kappa shape index (κ1) is 18.3. The Morgan fingerprint density at radius 3 is 2.65 bits per heavy atom. The van der Waals surface area contributed by atoms with E-state index in [1.165, 1.54) is 41.4 Å². The van der Waals surface area contributed by atoms with Crippen LogP contribution < -0.4 is 5.32 Å². The Balaban J connectivity index is 1.86. The third-order valence-corrected chi connectivity index (χ3v) is 5.50. The summed E-state index contributed by atoms with van der Waals surface area (Å²) < 4.78 is 1.49. The molecule has 0 atom stereocenters. The van der Waals surface area contributed by atoms with Gasteiger partial charge in [-0.15, -0.1) is 5.10 Å². The van der Waals surface area contributed by atoms with Gasteiger partial charge in [0, 0.05) is 30.1 Å². The summed E-state index contributed by atoms with van der Waals surface area (Å²) in [6.07, 6.45) is 6.43. The zero-order valence-corrected chi connectivity index (χ0v) is 15.2. The number of nitro groups is 1. The summed E-state index contributed by atoms with van der Waals surface area (Å²) in [5.41, 5.74) is 0.160. The molecule has 26 heavy (non-hydrogen) atoms. The fourth-order valence-corrected chi connectivity index (χ4v) is 3.83. The lowest BCUT2D eigenvalue weighted by molar-refractivity contribution is -0.384. The van der Waals surface area contributed by atoms with Crippen LogP contribution in [0.4, 0.5) is 5.69 Å². The van der Waals surface area contributed by atoms with Crippen LogP contribution >= 0.6 is 11.8 Å². The first-order valence-electron chi connectivity index (χ1n) is 8.54. The molecule has 0 unspecified atom stereocenters. The smallest absolute Gasteiger partial charge is 0.270 e. The molecule has 1 aliphatic rings. The van der Waals surface area contributed by atoms with Crippen molar-refractivity contribution in [3.8, 4) is 0 Å². The van der Waals surface area contributed by atoms with Gasteiger partial charge in [0.25, 0.3) is 11.6 Å². The van der Waals surface area contributed by atoms with Crippen molar-refractivity contribution >= 4 is 23.4 Å². The summed E-state index contributed by atoms with van der Waals surface area (Å²) >= 11 is 1.21. The Labute approximate surface area is 154 Å². The average Bonchev–Trinajstić information content (AvgIpc) is 2.86. The highest BCUT2D eigenvalue weighted by molar-refractivity contribution is 7.99. The molecule has 1 fully saturated rings. The second kappa shape index (κ2) is 8.26. The molecule has 1 aromatic carbocycles. The van der Waals surface area contributed by atoms with Gasteiger partial charge in [-0.25, -0.2) is 4.68 Å². The molecule has 1 N–H and O–H groups in total. The van der Waals surface area contributed by atoms with Gasteiger partial charge >= 0.3 is 0 Å². The monoisotopic (exact) mass is 376 g/mol. The van der Waals surface area contributed by atoms with E-state index in [0.29, 0.717) is 10.1 Å². The predicted octanol–water partition coefficient (Wildman–Crippen LogP) is 2.72. The van der Waals surface area contributed by atoms with Crippen molar-refractivity contribution in [3.05, 3.63) is 33.9 Å². The van der Waals surface area contributed by atoms with Crippen LogP contribution in [0.5, 0.6) is 0 Å². The van der Waals surface area contributed by atoms with E-state index in [2.05, 4.69) is 20.8 Å². The number of nitrogens with one attached hydrogen (secondary N) is 1. The average molecular weight is 376 g/mol. The van der Waals surface area contributed by atoms with Crippen molar-refractivity contribution in [2.75, 3.05) is 0 Å². The molecule has 1 amide bonds. The number of carbonyl (C=O) groups excluding carboxylic acids is 1. The molecule has 2 aromatic rings. The van der Waals surface area contributed by atoms with Crippen LogP contribution in [0.15, 0.2) is 28.3 Å². The minimum absolute atomic E-state index is 0.110. The first-order valence-corrected chi connectivity index (χ1v) is 9.36. The molecule has 0 radical (unpaired) electrons. The zero-order valence-electron chi connectivity index (χ0n) is 14.4. The van der Waals surface area contributed by atoms with Crippen LogP contribution in [0.1, 0.15) is 48.9 Å². The van der Waals surface area contributed by atoms with Gasteiger partial charge in [0.1, 0.15) is 0 Å². The van der Waals surface area contributed by atoms with Crippen molar-refractivity contribution in [3.63, 3.8) is 0 Å². The van der Waals surface area contributed by atoms with E-state index in [-0.39, 0.29) is 23.2 Å². The molecule has 0 aliphatic heterocycles. The fourth-order valence-electron chi connectivity index (χ4n) is 2.99. The molecule has 0 spiro atoms. The number of hydrogen-bond donors (Lipinski definition) is 1. The standard InChI is InChI=1S/C16H20N6O3S/c1-21-16(18-19-20-21)26-14-9-8-12(22(24)25)10-13(14)15(23)17-11-6-4-2-3-5-7-11/h8-11H,2-7H2,1H3,(H,17,23). The molecular formula is C16H20N6O3S. The van der Waals surface area contributed by atoms with E-state index in [9.17, 15) is 14.9 Å². The lowest BCUT2D eigenvalue weighted by Gasteiger charge is -2.17. The number of non-ortho nitro benzene ring substituents is 1. The quantitative estimate of drug-likeness (QED) is 0.484. The van der Waals surface area contributed by atoms with E-state index in [0.717, 1.165) is 25.7 Å². The van der Waals surface area contributed by atoms with Gasteiger partial charge in [-0.1, -0.05) is 25.7 Å². The highest BCUT2D eigenvalue weighted by atomic mass is 32.2. The summed E-state index contributed by atoms with van der Waals surface area (Å²) in [7, 11) is 1.69. The highest BCUT2D eigenvalue weighted by Crippen LogP contribution is 2.31. The number of hydrogen-bond acceptors (Lipinski definition) is 7. The molecule has 1 aliphatic carbocycles. The van der Waals surface area contributed by atoms with E-state index in [1.54, 1.807) is 13.1 Å². The van der Waals surface area contributed by atoms with E-state index < -0.39 is 4.92 Å². The van der Waals surface area contributed by atoms with Gasteiger partial charge < -0.3 is 5.32 Å². The molecule has 1 aromatic heterocycles. The number of carbonyl (C=O) groups is 1. The van der Waals surface area contributed by atoms with Crippen LogP contribution in [-0.4, -0.2) is 37.1 Å². The molecule has 1 saturated carbocycles. The van der Waals surface area contributed by atoms with Crippen LogP contribution in [0.2, 0.25) is 0 Å². The SMILES string of the molecule is Cn1nnnc1Sc1ccc([N+](=O)[O-])cc1C(=O)NC1CCCCCC1. The number of amides is 1. The van der Waals surface area contributed by atoms with Crippen LogP contribution in [0.3, 0.4) is 0 Å². The summed E-state index contributed by atoms with van der Waals surface area (Å²) in [6.45, 7) is 0. The summed E-state index contributed by atoms with van der Waals surface area (Å²) in [4.78, 5) is 24.0. The van der Waals surface area contributed by atoms with Crippen molar-refractivity contribution in [1.82, 2.24) is 25.5 Å². The van der Waals surface area contributed by atoms with Gasteiger partial charge in [0.15, 0.2) is 0 Å². The van der Waals surface area contributed by atoms with E-state index >= 15 is 0 Å². The first-order chi connectivity index (χ1) is 12.5. The Kier molecular flexibility index (Phi) is 5.82. The highest BCUT2D eigenvalue weighted by Gasteiger charge is 2.22. The molecule has 138 valence electrons. The lowest BCUT2D eigenvalue weighted by atomic mass is 10.1. The third kappa shape index (κ3) is 4.37. The van der Waals surface area contributed by atoms with Crippen molar-refractivity contribution < 1.29 is 9.72 Å². The topological polar surface area (TPSA) is 116 Å². The molecule has 1 heterocycles.